The van der Waals surface area contributed by atoms with Gasteiger partial charge in [0.2, 0.25) is 0 Å². The highest BCUT2D eigenvalue weighted by atomic mass is 79.9. The molecule has 0 radical (unpaired) electrons. The van der Waals surface area contributed by atoms with Crippen molar-refractivity contribution in [3.05, 3.63) is 0 Å². The molecule has 1 fully saturated rings. The Kier molecular flexibility index (Phi) is 2.84. The molecule has 1 heterocycles. The van der Waals surface area contributed by atoms with Crippen LogP contribution in [0.2, 0.25) is 0 Å². The number of rotatable bonds is 2. The summed E-state index contributed by atoms with van der Waals surface area (Å²) < 4.78 is 0. The largest absolute Gasteiger partial charge is 0.316 e. The monoisotopic (exact) mass is 177 g/mol. The molecule has 0 spiro atoms. The molecule has 0 aliphatic carbocycles. The van der Waals surface area contributed by atoms with Gasteiger partial charge in [-0.3, -0.25) is 0 Å². The van der Waals surface area contributed by atoms with E-state index in [2.05, 4.69) is 21.2 Å². The van der Waals surface area contributed by atoms with Gasteiger partial charge in [0.25, 0.3) is 0 Å². The fraction of sp³-hybridized carbons (Fsp3) is 1.00. The molecule has 0 aromatic rings. The van der Waals surface area contributed by atoms with Crippen molar-refractivity contribution < 1.29 is 0 Å². The van der Waals surface area contributed by atoms with E-state index in [4.69, 9.17) is 0 Å². The first-order chi connectivity index (χ1) is 3.93. The van der Waals surface area contributed by atoms with Gasteiger partial charge in [0.05, 0.1) is 0 Å². The summed E-state index contributed by atoms with van der Waals surface area (Å²) in [4.78, 5) is 0. The molecule has 1 aliphatic rings. The molecule has 0 unspecified atom stereocenters. The highest BCUT2D eigenvalue weighted by Gasteiger charge is 2.12. The van der Waals surface area contributed by atoms with Crippen molar-refractivity contribution in [3.63, 3.8) is 0 Å². The van der Waals surface area contributed by atoms with Crippen LogP contribution in [0.3, 0.4) is 0 Å². The van der Waals surface area contributed by atoms with Crippen LogP contribution in [0, 0.1) is 5.92 Å². The Hall–Kier alpha value is 0.440. The van der Waals surface area contributed by atoms with Crippen molar-refractivity contribution in [1.82, 2.24) is 5.32 Å². The lowest BCUT2D eigenvalue weighted by atomic mass is 10.1. The van der Waals surface area contributed by atoms with Crippen LogP contribution < -0.4 is 5.32 Å². The normalized spacial score (nSPS) is 28.9. The fourth-order valence-corrected chi connectivity index (χ4v) is 1.76. The molecular weight excluding hydrogens is 166 g/mol. The van der Waals surface area contributed by atoms with Gasteiger partial charge in [-0.15, -0.1) is 0 Å². The van der Waals surface area contributed by atoms with Crippen molar-refractivity contribution in [1.29, 1.82) is 0 Å². The van der Waals surface area contributed by atoms with Gasteiger partial charge >= 0.3 is 0 Å². The van der Waals surface area contributed by atoms with Gasteiger partial charge in [-0.2, -0.15) is 0 Å². The van der Waals surface area contributed by atoms with Crippen LogP contribution in [0.25, 0.3) is 0 Å². The summed E-state index contributed by atoms with van der Waals surface area (Å²) in [5.74, 6) is 0.953. The maximum atomic E-state index is 3.43. The molecule has 1 nitrogen and oxygen atoms in total. The second kappa shape index (κ2) is 3.46. The lowest BCUT2D eigenvalue weighted by Gasteiger charge is -2.01. The minimum absolute atomic E-state index is 0.953. The van der Waals surface area contributed by atoms with Crippen molar-refractivity contribution in [3.8, 4) is 0 Å². The van der Waals surface area contributed by atoms with Gasteiger partial charge < -0.3 is 5.32 Å². The minimum atomic E-state index is 0.953. The van der Waals surface area contributed by atoms with Gasteiger partial charge in [0, 0.05) is 5.33 Å². The first kappa shape index (κ1) is 6.56. The Morgan fingerprint density at radius 3 is 3.00 bits per heavy atom. The minimum Gasteiger partial charge on any atom is -0.316 e. The van der Waals surface area contributed by atoms with E-state index >= 15 is 0 Å². The summed E-state index contributed by atoms with van der Waals surface area (Å²) in [5.41, 5.74) is 0. The standard InChI is InChI=1S/C6H12BrN/c7-3-1-6-2-4-8-5-6/h6,8H,1-5H2/t6-/m0/s1. The topological polar surface area (TPSA) is 12.0 Å². The van der Waals surface area contributed by atoms with Gasteiger partial charge in [0.15, 0.2) is 0 Å². The van der Waals surface area contributed by atoms with Gasteiger partial charge in [-0.1, -0.05) is 15.9 Å². The van der Waals surface area contributed by atoms with Crippen LogP contribution in [0.4, 0.5) is 0 Å². The molecule has 0 aromatic heterocycles. The van der Waals surface area contributed by atoms with Crippen LogP contribution in [-0.4, -0.2) is 18.4 Å². The van der Waals surface area contributed by atoms with Crippen molar-refractivity contribution in [2.75, 3.05) is 18.4 Å². The summed E-state index contributed by atoms with van der Waals surface area (Å²) in [6.07, 6.45) is 2.72. The number of alkyl halides is 1. The van der Waals surface area contributed by atoms with E-state index in [1.54, 1.807) is 0 Å². The third-order valence-corrected chi connectivity index (χ3v) is 2.14. The highest BCUT2D eigenvalue weighted by Crippen LogP contribution is 2.12. The van der Waals surface area contributed by atoms with Crippen LogP contribution in [0.1, 0.15) is 12.8 Å². The van der Waals surface area contributed by atoms with Crippen molar-refractivity contribution >= 4 is 15.9 Å². The van der Waals surface area contributed by atoms with E-state index < -0.39 is 0 Å². The zero-order valence-corrected chi connectivity index (χ0v) is 6.58. The predicted octanol–water partition coefficient (Wildman–Crippen LogP) is 1.38. The van der Waals surface area contributed by atoms with E-state index in [-0.39, 0.29) is 0 Å². The summed E-state index contributed by atoms with van der Waals surface area (Å²) in [6.45, 7) is 2.48. The zero-order valence-electron chi connectivity index (χ0n) is 4.99. The number of hydrogen-bond donors (Lipinski definition) is 1. The zero-order chi connectivity index (χ0) is 5.82. The summed E-state index contributed by atoms with van der Waals surface area (Å²) >= 11 is 3.43. The first-order valence-electron chi connectivity index (χ1n) is 3.20. The lowest BCUT2D eigenvalue weighted by Crippen LogP contribution is -2.08. The van der Waals surface area contributed by atoms with E-state index in [1.807, 2.05) is 0 Å². The first-order valence-corrected chi connectivity index (χ1v) is 4.32. The third-order valence-electron chi connectivity index (χ3n) is 1.68. The third kappa shape index (κ3) is 1.75. The van der Waals surface area contributed by atoms with Crippen LogP contribution in [-0.2, 0) is 0 Å². The number of hydrogen-bond acceptors (Lipinski definition) is 1. The molecule has 1 aliphatic heterocycles. The quantitative estimate of drug-likeness (QED) is 0.630. The van der Waals surface area contributed by atoms with E-state index in [9.17, 15) is 0 Å². The van der Waals surface area contributed by atoms with Crippen molar-refractivity contribution in [2.24, 2.45) is 5.92 Å². The average molecular weight is 178 g/mol. The van der Waals surface area contributed by atoms with Crippen LogP contribution in [0.5, 0.6) is 0 Å². The van der Waals surface area contributed by atoms with Gasteiger partial charge in [-0.25, -0.2) is 0 Å². The Morgan fingerprint density at radius 2 is 2.50 bits per heavy atom. The van der Waals surface area contributed by atoms with E-state index in [0.29, 0.717) is 0 Å². The molecule has 1 rings (SSSR count). The second-order valence-electron chi connectivity index (χ2n) is 2.34. The summed E-state index contributed by atoms with van der Waals surface area (Å²) in [5, 5.41) is 4.50. The molecule has 0 saturated carbocycles. The Balaban J connectivity index is 2.06. The average Bonchev–Trinajstić information content (AvgIpc) is 2.19. The molecule has 1 N–H and O–H groups in total. The molecule has 2 heteroatoms. The second-order valence-corrected chi connectivity index (χ2v) is 3.13. The molecule has 0 bridgehead atoms. The van der Waals surface area contributed by atoms with E-state index in [0.717, 1.165) is 5.92 Å². The Bertz CT molecular complexity index is 59.5. The van der Waals surface area contributed by atoms with Crippen LogP contribution in [0.15, 0.2) is 0 Å². The molecule has 8 heavy (non-hydrogen) atoms. The fourth-order valence-electron chi connectivity index (χ4n) is 1.12. The Morgan fingerprint density at radius 1 is 1.62 bits per heavy atom. The summed E-state index contributed by atoms with van der Waals surface area (Å²) in [7, 11) is 0. The number of nitrogens with one attached hydrogen (secondary N) is 1. The highest BCUT2D eigenvalue weighted by molar-refractivity contribution is 9.09. The van der Waals surface area contributed by atoms with Crippen LogP contribution >= 0.6 is 15.9 Å². The smallest absolute Gasteiger partial charge is 0.00344 e. The number of halogens is 1. The molecule has 0 aromatic carbocycles. The molecule has 0 amide bonds. The molecule has 48 valence electrons. The molecular formula is C6H12BrN. The predicted molar refractivity (Wildman–Crippen MR) is 39.4 cm³/mol. The van der Waals surface area contributed by atoms with E-state index in [1.165, 1.54) is 31.3 Å². The van der Waals surface area contributed by atoms with Gasteiger partial charge in [-0.05, 0) is 31.8 Å². The lowest BCUT2D eigenvalue weighted by molar-refractivity contribution is 0.569. The maximum absolute atomic E-state index is 3.43. The maximum Gasteiger partial charge on any atom is 0.00344 e. The molecule has 1 saturated heterocycles. The SMILES string of the molecule is BrCC[C@H]1CCNC1. The van der Waals surface area contributed by atoms with Crippen molar-refractivity contribution in [2.45, 2.75) is 12.8 Å². The van der Waals surface area contributed by atoms with Gasteiger partial charge in [0.1, 0.15) is 0 Å². The molecule has 1 atom stereocenters. The Labute approximate surface area is 59.0 Å². The summed E-state index contributed by atoms with van der Waals surface area (Å²) in [6, 6.07) is 0.